The zero-order chi connectivity index (χ0) is 19.1. The summed E-state index contributed by atoms with van der Waals surface area (Å²) in [5, 5.41) is 0. The molecule has 3 aromatic heterocycles. The fourth-order valence-corrected chi connectivity index (χ4v) is 3.75. The third-order valence-electron chi connectivity index (χ3n) is 5.51. The fourth-order valence-electron chi connectivity index (χ4n) is 3.75. The summed E-state index contributed by atoms with van der Waals surface area (Å²) in [6.07, 6.45) is 5.40. The highest BCUT2D eigenvalue weighted by Crippen LogP contribution is 2.23. The number of rotatable bonds is 4. The first-order valence-electron chi connectivity index (χ1n) is 9.61. The minimum atomic E-state index is 0.721. The van der Waals surface area contributed by atoms with E-state index in [1.807, 2.05) is 12.7 Å². The predicted molar refractivity (Wildman–Crippen MR) is 108 cm³/mol. The van der Waals surface area contributed by atoms with Gasteiger partial charge in [-0.25, -0.2) is 19.9 Å². The van der Waals surface area contributed by atoms with Crippen molar-refractivity contribution in [3.8, 4) is 0 Å². The van der Waals surface area contributed by atoms with Gasteiger partial charge < -0.3 is 18.8 Å². The zero-order valence-electron chi connectivity index (χ0n) is 16.2. The smallest absolute Gasteiger partial charge is 0.165 e. The van der Waals surface area contributed by atoms with E-state index in [4.69, 9.17) is 4.74 Å². The Balaban J connectivity index is 1.42. The Morgan fingerprint density at radius 2 is 1.64 bits per heavy atom. The number of benzene rings is 1. The van der Waals surface area contributed by atoms with Crippen LogP contribution in [0.2, 0.25) is 0 Å². The lowest BCUT2D eigenvalue weighted by molar-refractivity contribution is 0.122. The van der Waals surface area contributed by atoms with Crippen molar-refractivity contribution in [3.63, 3.8) is 0 Å². The molecule has 0 atom stereocenters. The van der Waals surface area contributed by atoms with E-state index in [1.54, 1.807) is 6.33 Å². The van der Waals surface area contributed by atoms with Crippen LogP contribution in [0.3, 0.4) is 0 Å². The number of morpholine rings is 1. The number of ether oxygens (including phenoxy) is 1. The van der Waals surface area contributed by atoms with Crippen LogP contribution in [0.15, 0.2) is 31.1 Å². The number of nitrogens with zero attached hydrogens (tertiary/aromatic N) is 7. The summed E-state index contributed by atoms with van der Waals surface area (Å²) in [7, 11) is 0. The van der Waals surface area contributed by atoms with Gasteiger partial charge in [-0.1, -0.05) is 0 Å². The fraction of sp³-hybridized carbons (Fsp3) is 0.400. The topological polar surface area (TPSA) is 73.9 Å². The van der Waals surface area contributed by atoms with Gasteiger partial charge in [-0.3, -0.25) is 0 Å². The van der Waals surface area contributed by atoms with Gasteiger partial charge in [0.25, 0.3) is 0 Å². The maximum Gasteiger partial charge on any atom is 0.165 e. The average molecular weight is 377 g/mol. The summed E-state index contributed by atoms with van der Waals surface area (Å²) < 4.78 is 9.73. The monoisotopic (exact) mass is 377 g/mol. The van der Waals surface area contributed by atoms with E-state index in [0.29, 0.717) is 0 Å². The molecule has 0 saturated carbocycles. The molecule has 0 aliphatic carbocycles. The Bertz CT molecular complexity index is 1140. The Kier molecular flexibility index (Phi) is 4.20. The minimum Gasteiger partial charge on any atom is -0.378 e. The molecule has 0 radical (unpaired) electrons. The van der Waals surface area contributed by atoms with E-state index in [1.165, 1.54) is 11.1 Å². The highest BCUT2D eigenvalue weighted by molar-refractivity contribution is 5.83. The van der Waals surface area contributed by atoms with Crippen LogP contribution in [-0.4, -0.2) is 55.4 Å². The van der Waals surface area contributed by atoms with Crippen molar-refractivity contribution in [2.24, 2.45) is 0 Å². The highest BCUT2D eigenvalue weighted by Gasteiger charge is 2.18. The summed E-state index contributed by atoms with van der Waals surface area (Å²) >= 11 is 0. The minimum absolute atomic E-state index is 0.721. The quantitative estimate of drug-likeness (QED) is 0.543. The molecule has 0 N–H and O–H groups in total. The van der Waals surface area contributed by atoms with Gasteiger partial charge in [0, 0.05) is 26.2 Å². The van der Waals surface area contributed by atoms with Gasteiger partial charge in [-0.15, -0.1) is 0 Å². The first-order valence-corrected chi connectivity index (χ1v) is 9.61. The Morgan fingerprint density at radius 1 is 0.893 bits per heavy atom. The summed E-state index contributed by atoms with van der Waals surface area (Å²) in [6, 6.07) is 4.36. The molecular formula is C20H23N7O. The van der Waals surface area contributed by atoms with E-state index < -0.39 is 0 Å². The normalized spacial score (nSPS) is 15.0. The lowest BCUT2D eigenvalue weighted by atomic mass is 10.1. The molecule has 28 heavy (non-hydrogen) atoms. The van der Waals surface area contributed by atoms with Crippen LogP contribution in [0.5, 0.6) is 0 Å². The number of hydrogen-bond acceptors (Lipinski definition) is 6. The molecule has 0 bridgehead atoms. The third kappa shape index (κ3) is 2.90. The first-order chi connectivity index (χ1) is 13.7. The maximum atomic E-state index is 5.45. The molecule has 4 heterocycles. The van der Waals surface area contributed by atoms with Gasteiger partial charge in [0.2, 0.25) is 0 Å². The summed E-state index contributed by atoms with van der Waals surface area (Å²) in [5.41, 5.74) is 6.47. The molecule has 5 rings (SSSR count). The molecule has 8 heteroatoms. The van der Waals surface area contributed by atoms with Crippen LogP contribution < -0.4 is 4.90 Å². The molecule has 0 unspecified atom stereocenters. The van der Waals surface area contributed by atoms with Crippen molar-refractivity contribution in [1.29, 1.82) is 0 Å². The Labute approximate surface area is 162 Å². The van der Waals surface area contributed by atoms with Crippen molar-refractivity contribution >= 4 is 28.0 Å². The second kappa shape index (κ2) is 6.87. The van der Waals surface area contributed by atoms with E-state index in [9.17, 15) is 0 Å². The second-order valence-corrected chi connectivity index (χ2v) is 7.27. The maximum absolute atomic E-state index is 5.45. The number of aryl methyl sites for hydroxylation is 4. The van der Waals surface area contributed by atoms with Crippen LogP contribution in [0.4, 0.5) is 5.82 Å². The number of imidazole rings is 2. The lowest BCUT2D eigenvalue weighted by Gasteiger charge is -2.27. The second-order valence-electron chi connectivity index (χ2n) is 7.27. The van der Waals surface area contributed by atoms with Gasteiger partial charge in [-0.2, -0.15) is 0 Å². The largest absolute Gasteiger partial charge is 0.378 e. The van der Waals surface area contributed by atoms with Crippen LogP contribution in [-0.2, 0) is 17.8 Å². The van der Waals surface area contributed by atoms with Crippen molar-refractivity contribution in [2.75, 3.05) is 31.2 Å². The Hall–Kier alpha value is -3.00. The molecule has 1 fully saturated rings. The summed E-state index contributed by atoms with van der Waals surface area (Å²) in [4.78, 5) is 20.4. The molecule has 1 aliphatic rings. The molecule has 1 aromatic carbocycles. The van der Waals surface area contributed by atoms with E-state index >= 15 is 0 Å². The zero-order valence-corrected chi connectivity index (χ0v) is 16.2. The molecule has 1 saturated heterocycles. The van der Waals surface area contributed by atoms with Gasteiger partial charge in [-0.05, 0) is 37.1 Å². The number of hydrogen-bond donors (Lipinski definition) is 0. The van der Waals surface area contributed by atoms with Crippen molar-refractivity contribution in [3.05, 3.63) is 42.2 Å². The van der Waals surface area contributed by atoms with Crippen LogP contribution in [0.1, 0.15) is 11.1 Å². The van der Waals surface area contributed by atoms with Gasteiger partial charge in [0.15, 0.2) is 17.0 Å². The molecule has 1 aliphatic heterocycles. The summed E-state index contributed by atoms with van der Waals surface area (Å²) in [5.74, 6) is 0.895. The number of anilines is 1. The number of fused-ring (bicyclic) bond motifs is 2. The first kappa shape index (κ1) is 17.1. The molecule has 8 nitrogen and oxygen atoms in total. The van der Waals surface area contributed by atoms with E-state index in [-0.39, 0.29) is 0 Å². The van der Waals surface area contributed by atoms with E-state index in [2.05, 4.69) is 60.0 Å². The van der Waals surface area contributed by atoms with Crippen LogP contribution in [0, 0.1) is 13.8 Å². The summed E-state index contributed by atoms with van der Waals surface area (Å²) in [6.45, 7) is 8.95. The lowest BCUT2D eigenvalue weighted by Crippen LogP contribution is -2.36. The van der Waals surface area contributed by atoms with Crippen LogP contribution >= 0.6 is 0 Å². The Morgan fingerprint density at radius 3 is 2.50 bits per heavy atom. The van der Waals surface area contributed by atoms with Crippen molar-refractivity contribution in [1.82, 2.24) is 29.1 Å². The SMILES string of the molecule is Cc1cc2ncn(CCn3cnc4c(N5CCOCC5)ncnc43)c2cc1C. The average Bonchev–Trinajstić information content (AvgIpc) is 3.31. The van der Waals surface area contributed by atoms with E-state index in [0.717, 1.165) is 67.4 Å². The van der Waals surface area contributed by atoms with Gasteiger partial charge >= 0.3 is 0 Å². The molecule has 144 valence electrons. The van der Waals surface area contributed by atoms with Gasteiger partial charge in [0.1, 0.15) is 6.33 Å². The molecule has 0 spiro atoms. The van der Waals surface area contributed by atoms with Crippen molar-refractivity contribution in [2.45, 2.75) is 26.9 Å². The number of aromatic nitrogens is 6. The predicted octanol–water partition coefficient (Wildman–Crippen LogP) is 2.33. The van der Waals surface area contributed by atoms with Gasteiger partial charge in [0.05, 0.1) is 36.9 Å². The third-order valence-corrected chi connectivity index (χ3v) is 5.51. The molecular weight excluding hydrogens is 354 g/mol. The highest BCUT2D eigenvalue weighted by atomic mass is 16.5. The molecule has 0 amide bonds. The van der Waals surface area contributed by atoms with Crippen molar-refractivity contribution < 1.29 is 4.74 Å². The standard InChI is InChI=1S/C20H23N7O/c1-14-9-16-17(10-15(14)2)26(12-23-16)3-4-27-13-24-18-19(21-11-22-20(18)27)25-5-7-28-8-6-25/h9-13H,3-8H2,1-2H3. The molecule has 4 aromatic rings. The van der Waals surface area contributed by atoms with Crippen LogP contribution in [0.25, 0.3) is 22.2 Å².